The van der Waals surface area contributed by atoms with Crippen molar-refractivity contribution in [1.82, 2.24) is 10.2 Å². The molecular formula is C17H25FN2O. The first-order valence-corrected chi connectivity index (χ1v) is 7.62. The van der Waals surface area contributed by atoms with E-state index in [1.165, 1.54) is 6.07 Å². The molecule has 0 bridgehead atoms. The van der Waals surface area contributed by atoms with Gasteiger partial charge in [0.25, 0.3) is 0 Å². The molecule has 4 heteroatoms. The number of benzene rings is 1. The standard InChI is InChI=1S/C17H25FN2O/c1-17(2,3)16(21)19-15-8-5-9-20(12-15)11-13-6-4-7-14(18)10-13/h4,6-7,10,15H,5,8-9,11-12H2,1-3H3,(H,19,21). The number of halogens is 1. The Labute approximate surface area is 126 Å². The van der Waals surface area contributed by atoms with Gasteiger partial charge in [0.15, 0.2) is 0 Å². The minimum Gasteiger partial charge on any atom is -0.352 e. The molecule has 0 aromatic heterocycles. The number of amides is 1. The fraction of sp³-hybridized carbons (Fsp3) is 0.588. The van der Waals surface area contributed by atoms with Gasteiger partial charge in [0, 0.05) is 24.5 Å². The van der Waals surface area contributed by atoms with Crippen molar-refractivity contribution in [2.45, 2.75) is 46.2 Å². The summed E-state index contributed by atoms with van der Waals surface area (Å²) in [6.07, 6.45) is 2.08. The molecule has 2 rings (SSSR count). The Morgan fingerprint density at radius 2 is 2.19 bits per heavy atom. The largest absolute Gasteiger partial charge is 0.352 e. The number of nitrogens with one attached hydrogen (secondary N) is 1. The van der Waals surface area contributed by atoms with Crippen LogP contribution in [0, 0.1) is 11.2 Å². The van der Waals surface area contributed by atoms with Crippen molar-refractivity contribution in [2.75, 3.05) is 13.1 Å². The van der Waals surface area contributed by atoms with Crippen LogP contribution < -0.4 is 5.32 Å². The van der Waals surface area contributed by atoms with Gasteiger partial charge < -0.3 is 5.32 Å². The average molecular weight is 292 g/mol. The number of rotatable bonds is 3. The molecular weight excluding hydrogens is 267 g/mol. The summed E-state index contributed by atoms with van der Waals surface area (Å²) >= 11 is 0. The summed E-state index contributed by atoms with van der Waals surface area (Å²) in [4.78, 5) is 14.3. The van der Waals surface area contributed by atoms with Crippen LogP contribution in [-0.2, 0) is 11.3 Å². The summed E-state index contributed by atoms with van der Waals surface area (Å²) in [6.45, 7) is 8.34. The maximum atomic E-state index is 13.2. The smallest absolute Gasteiger partial charge is 0.225 e. The van der Waals surface area contributed by atoms with Crippen molar-refractivity contribution in [2.24, 2.45) is 5.41 Å². The number of nitrogens with zero attached hydrogens (tertiary/aromatic N) is 1. The summed E-state index contributed by atoms with van der Waals surface area (Å²) in [6, 6.07) is 6.93. The molecule has 0 saturated carbocycles. The third-order valence-electron chi connectivity index (χ3n) is 3.82. The zero-order valence-corrected chi connectivity index (χ0v) is 13.2. The summed E-state index contributed by atoms with van der Waals surface area (Å²) in [5.74, 6) is -0.0952. The molecule has 0 radical (unpaired) electrons. The zero-order chi connectivity index (χ0) is 15.5. The highest BCUT2D eigenvalue weighted by Gasteiger charge is 2.26. The first-order valence-electron chi connectivity index (χ1n) is 7.62. The molecule has 1 unspecified atom stereocenters. The van der Waals surface area contributed by atoms with Crippen LogP contribution in [0.15, 0.2) is 24.3 Å². The molecule has 1 atom stereocenters. The molecule has 0 aliphatic carbocycles. The Kier molecular flexibility index (Phi) is 4.99. The second-order valence-electron chi connectivity index (χ2n) is 6.93. The maximum absolute atomic E-state index is 13.2. The number of hydrogen-bond acceptors (Lipinski definition) is 2. The van der Waals surface area contributed by atoms with E-state index >= 15 is 0 Å². The number of hydrogen-bond donors (Lipinski definition) is 1. The van der Waals surface area contributed by atoms with E-state index in [1.54, 1.807) is 12.1 Å². The van der Waals surface area contributed by atoms with Gasteiger partial charge in [0.05, 0.1) is 0 Å². The van der Waals surface area contributed by atoms with E-state index in [0.717, 1.165) is 38.0 Å². The lowest BCUT2D eigenvalue weighted by molar-refractivity contribution is -0.129. The van der Waals surface area contributed by atoms with Crippen molar-refractivity contribution in [1.29, 1.82) is 0 Å². The van der Waals surface area contributed by atoms with Gasteiger partial charge in [-0.1, -0.05) is 32.9 Å². The van der Waals surface area contributed by atoms with Gasteiger partial charge in [-0.25, -0.2) is 4.39 Å². The van der Waals surface area contributed by atoms with E-state index in [1.807, 2.05) is 26.8 Å². The van der Waals surface area contributed by atoms with Crippen LogP contribution >= 0.6 is 0 Å². The predicted octanol–water partition coefficient (Wildman–Crippen LogP) is 2.95. The van der Waals surface area contributed by atoms with Gasteiger partial charge >= 0.3 is 0 Å². The second-order valence-corrected chi connectivity index (χ2v) is 6.93. The minimum atomic E-state index is -0.356. The van der Waals surface area contributed by atoms with E-state index in [4.69, 9.17) is 0 Å². The third-order valence-corrected chi connectivity index (χ3v) is 3.82. The van der Waals surface area contributed by atoms with Crippen LogP contribution in [0.5, 0.6) is 0 Å². The molecule has 1 aliphatic rings. The quantitative estimate of drug-likeness (QED) is 0.929. The summed E-state index contributed by atoms with van der Waals surface area (Å²) in [5, 5.41) is 3.13. The van der Waals surface area contributed by atoms with Crippen molar-refractivity contribution >= 4 is 5.91 Å². The molecule has 1 aromatic rings. The SMILES string of the molecule is CC(C)(C)C(=O)NC1CCCN(Cc2cccc(F)c2)C1. The molecule has 1 amide bonds. The molecule has 1 heterocycles. The maximum Gasteiger partial charge on any atom is 0.225 e. The van der Waals surface area contributed by atoms with Crippen molar-refractivity contribution in [3.8, 4) is 0 Å². The first-order chi connectivity index (χ1) is 9.84. The Balaban J connectivity index is 1.90. The van der Waals surface area contributed by atoms with Crippen molar-refractivity contribution in [3.05, 3.63) is 35.6 Å². The highest BCUT2D eigenvalue weighted by atomic mass is 19.1. The highest BCUT2D eigenvalue weighted by Crippen LogP contribution is 2.17. The monoisotopic (exact) mass is 292 g/mol. The number of carbonyl (C=O) groups excluding carboxylic acids is 1. The van der Waals surface area contributed by atoms with E-state index in [-0.39, 0.29) is 23.2 Å². The molecule has 1 fully saturated rings. The Bertz CT molecular complexity index is 496. The van der Waals surface area contributed by atoms with E-state index in [2.05, 4.69) is 10.2 Å². The van der Waals surface area contributed by atoms with Crippen LogP contribution in [0.1, 0.15) is 39.2 Å². The number of likely N-dealkylation sites (tertiary alicyclic amines) is 1. The third kappa shape index (κ3) is 4.81. The fourth-order valence-corrected chi connectivity index (χ4v) is 2.61. The number of carbonyl (C=O) groups is 1. The highest BCUT2D eigenvalue weighted by molar-refractivity contribution is 5.81. The van der Waals surface area contributed by atoms with Crippen LogP contribution in [0.25, 0.3) is 0 Å². The van der Waals surface area contributed by atoms with Crippen LogP contribution in [0.2, 0.25) is 0 Å². The van der Waals surface area contributed by atoms with Gasteiger partial charge in [-0.15, -0.1) is 0 Å². The fourth-order valence-electron chi connectivity index (χ4n) is 2.61. The van der Waals surface area contributed by atoms with Crippen LogP contribution in [0.3, 0.4) is 0 Å². The first kappa shape index (κ1) is 16.0. The molecule has 1 aliphatic heterocycles. The number of piperidine rings is 1. The molecule has 21 heavy (non-hydrogen) atoms. The average Bonchev–Trinajstić information content (AvgIpc) is 2.38. The summed E-state index contributed by atoms with van der Waals surface area (Å²) in [5.41, 5.74) is 0.628. The van der Waals surface area contributed by atoms with Crippen molar-refractivity contribution in [3.63, 3.8) is 0 Å². The molecule has 116 valence electrons. The lowest BCUT2D eigenvalue weighted by atomic mass is 9.94. The van der Waals surface area contributed by atoms with Crippen LogP contribution in [-0.4, -0.2) is 29.9 Å². The molecule has 1 aromatic carbocycles. The van der Waals surface area contributed by atoms with E-state index in [0.29, 0.717) is 0 Å². The normalized spacial score (nSPS) is 20.3. The summed E-state index contributed by atoms with van der Waals surface area (Å²) in [7, 11) is 0. The van der Waals surface area contributed by atoms with Crippen LogP contribution in [0.4, 0.5) is 4.39 Å². The van der Waals surface area contributed by atoms with Gasteiger partial charge in [-0.3, -0.25) is 9.69 Å². The topological polar surface area (TPSA) is 32.3 Å². The minimum absolute atomic E-state index is 0.0973. The molecule has 1 N–H and O–H groups in total. The van der Waals surface area contributed by atoms with E-state index < -0.39 is 0 Å². The zero-order valence-electron chi connectivity index (χ0n) is 13.2. The lowest BCUT2D eigenvalue weighted by Gasteiger charge is -2.34. The predicted molar refractivity (Wildman–Crippen MR) is 82.3 cm³/mol. The Morgan fingerprint density at radius 3 is 2.86 bits per heavy atom. The molecule has 0 spiro atoms. The van der Waals surface area contributed by atoms with Gasteiger partial charge in [0.1, 0.15) is 5.82 Å². The van der Waals surface area contributed by atoms with Gasteiger partial charge in [-0.2, -0.15) is 0 Å². The van der Waals surface area contributed by atoms with Crippen molar-refractivity contribution < 1.29 is 9.18 Å². The Morgan fingerprint density at radius 1 is 1.43 bits per heavy atom. The summed E-state index contributed by atoms with van der Waals surface area (Å²) < 4.78 is 13.2. The van der Waals surface area contributed by atoms with Gasteiger partial charge in [0.2, 0.25) is 5.91 Å². The van der Waals surface area contributed by atoms with Gasteiger partial charge in [-0.05, 0) is 37.1 Å². The second kappa shape index (κ2) is 6.56. The van der Waals surface area contributed by atoms with E-state index in [9.17, 15) is 9.18 Å². The lowest BCUT2D eigenvalue weighted by Crippen LogP contribution is -2.50. The molecule has 3 nitrogen and oxygen atoms in total. The Hall–Kier alpha value is -1.42. The molecule has 1 saturated heterocycles.